The second kappa shape index (κ2) is 7.76. The van der Waals surface area contributed by atoms with Gasteiger partial charge in [0.2, 0.25) is 0 Å². The summed E-state index contributed by atoms with van der Waals surface area (Å²) in [6, 6.07) is 6.14. The molecule has 1 fully saturated rings. The number of halogens is 1. The number of ketones is 1. The van der Waals surface area contributed by atoms with Crippen molar-refractivity contribution in [3.05, 3.63) is 65.5 Å². The zero-order valence-corrected chi connectivity index (χ0v) is 19.3. The van der Waals surface area contributed by atoms with Crippen LogP contribution in [0.1, 0.15) is 37.4 Å². The highest BCUT2D eigenvalue weighted by Gasteiger charge is 2.47. The molecule has 2 aliphatic carbocycles. The number of hydrogen-bond donors (Lipinski definition) is 0. The van der Waals surface area contributed by atoms with Crippen molar-refractivity contribution in [1.29, 1.82) is 0 Å². The first kappa shape index (κ1) is 21.8. The Morgan fingerprint density at radius 1 is 1.21 bits per heavy atom. The van der Waals surface area contributed by atoms with Gasteiger partial charge in [-0.1, -0.05) is 5.57 Å². The van der Waals surface area contributed by atoms with Crippen molar-refractivity contribution in [3.63, 3.8) is 0 Å². The molecule has 3 aromatic rings. The summed E-state index contributed by atoms with van der Waals surface area (Å²) in [7, 11) is -1.80. The Bertz CT molecular complexity index is 1370. The van der Waals surface area contributed by atoms with Crippen molar-refractivity contribution >= 4 is 21.7 Å². The standard InChI is InChI=1S/C24H25FN4O3S/c1-16(30)24-10-17(15-33(31,32)22-13-26-28(2)14-22)3-4-19(24)9-23-18(11-24)12-27-29(23)21-7-5-20(25)6-8-21/h5-9,12-14,17H,3-4,10-11,15H2,1-2H3/t17-,24-/m0/s1. The molecule has 2 heterocycles. The van der Waals surface area contributed by atoms with Gasteiger partial charge in [-0.2, -0.15) is 10.2 Å². The van der Waals surface area contributed by atoms with Crippen molar-refractivity contribution in [2.24, 2.45) is 18.4 Å². The van der Waals surface area contributed by atoms with Crippen LogP contribution in [0.4, 0.5) is 4.39 Å². The number of aryl methyl sites for hydroxylation is 1. The summed E-state index contributed by atoms with van der Waals surface area (Å²) in [5.41, 5.74) is 2.91. The van der Waals surface area contributed by atoms with Crippen molar-refractivity contribution in [2.75, 3.05) is 5.75 Å². The summed E-state index contributed by atoms with van der Waals surface area (Å²) < 4.78 is 42.5. The molecule has 1 aromatic carbocycles. The second-order valence-electron chi connectivity index (χ2n) is 9.17. The first-order chi connectivity index (χ1) is 15.7. The van der Waals surface area contributed by atoms with E-state index in [0.717, 1.165) is 22.5 Å². The predicted molar refractivity (Wildman–Crippen MR) is 121 cm³/mol. The summed E-state index contributed by atoms with van der Waals surface area (Å²) >= 11 is 0. The number of hydrogen-bond acceptors (Lipinski definition) is 5. The molecular formula is C24H25FN4O3S. The lowest BCUT2D eigenvalue weighted by Crippen LogP contribution is -2.42. The highest BCUT2D eigenvalue weighted by molar-refractivity contribution is 7.91. The van der Waals surface area contributed by atoms with Crippen molar-refractivity contribution in [1.82, 2.24) is 19.6 Å². The van der Waals surface area contributed by atoms with Crippen LogP contribution in [0.3, 0.4) is 0 Å². The van der Waals surface area contributed by atoms with Crippen LogP contribution in [0.5, 0.6) is 0 Å². The number of rotatable bonds is 5. The first-order valence-electron chi connectivity index (χ1n) is 10.9. The number of benzene rings is 1. The Labute approximate surface area is 191 Å². The first-order valence-corrected chi connectivity index (χ1v) is 12.6. The lowest BCUT2D eigenvalue weighted by atomic mass is 9.60. The van der Waals surface area contributed by atoms with E-state index >= 15 is 0 Å². The van der Waals surface area contributed by atoms with E-state index in [1.54, 1.807) is 37.0 Å². The molecule has 5 rings (SSSR count). The van der Waals surface area contributed by atoms with Gasteiger partial charge in [-0.25, -0.2) is 17.5 Å². The van der Waals surface area contributed by atoms with Gasteiger partial charge in [-0.05, 0) is 74.4 Å². The third-order valence-corrected chi connectivity index (χ3v) is 8.84. The van der Waals surface area contributed by atoms with E-state index in [4.69, 9.17) is 0 Å². The minimum absolute atomic E-state index is 0.00268. The molecule has 2 aliphatic rings. The van der Waals surface area contributed by atoms with Crippen LogP contribution in [0.25, 0.3) is 11.8 Å². The van der Waals surface area contributed by atoms with E-state index in [-0.39, 0.29) is 28.2 Å². The Kier molecular flexibility index (Phi) is 5.12. The molecule has 0 unspecified atom stereocenters. The number of carbonyl (C=O) groups is 1. The van der Waals surface area contributed by atoms with Crippen LogP contribution in [0.2, 0.25) is 0 Å². The van der Waals surface area contributed by atoms with Crippen LogP contribution in [-0.2, 0) is 28.1 Å². The molecule has 0 N–H and O–H groups in total. The topological polar surface area (TPSA) is 86.8 Å². The number of Topliss-reactive ketones (excluding diaryl/α,β-unsaturated/α-hetero) is 1. The Morgan fingerprint density at radius 3 is 2.64 bits per heavy atom. The van der Waals surface area contributed by atoms with Gasteiger partial charge in [-0.3, -0.25) is 9.48 Å². The minimum Gasteiger partial charge on any atom is -0.299 e. The van der Waals surface area contributed by atoms with E-state index in [2.05, 4.69) is 10.2 Å². The van der Waals surface area contributed by atoms with Gasteiger partial charge < -0.3 is 0 Å². The fraction of sp³-hybridized carbons (Fsp3) is 0.375. The highest BCUT2D eigenvalue weighted by Crippen LogP contribution is 2.51. The summed E-state index contributed by atoms with van der Waals surface area (Å²) in [6.45, 7) is 1.60. The van der Waals surface area contributed by atoms with E-state index in [1.165, 1.54) is 29.2 Å². The smallest absolute Gasteiger partial charge is 0.181 e. The number of allylic oxidation sites excluding steroid dienone is 1. The molecule has 0 amide bonds. The molecule has 0 aliphatic heterocycles. The Balaban J connectivity index is 1.46. The Hall–Kier alpha value is -3.07. The molecule has 172 valence electrons. The van der Waals surface area contributed by atoms with Gasteiger partial charge in [0, 0.05) is 13.2 Å². The fourth-order valence-electron chi connectivity index (χ4n) is 5.28. The van der Waals surface area contributed by atoms with Gasteiger partial charge in [0.05, 0.1) is 34.9 Å². The van der Waals surface area contributed by atoms with Crippen LogP contribution in [-0.4, -0.2) is 39.5 Å². The second-order valence-corrected chi connectivity index (χ2v) is 11.2. The predicted octanol–water partition coefficient (Wildman–Crippen LogP) is 3.53. The van der Waals surface area contributed by atoms with Crippen LogP contribution in [0, 0.1) is 17.2 Å². The van der Waals surface area contributed by atoms with Gasteiger partial charge in [-0.15, -0.1) is 0 Å². The molecular weight excluding hydrogens is 443 g/mol. The van der Waals surface area contributed by atoms with Gasteiger partial charge in [0.1, 0.15) is 16.5 Å². The monoisotopic (exact) mass is 468 g/mol. The average molecular weight is 469 g/mol. The SMILES string of the molecule is CC(=O)[C@]12Cc3cnn(-c4ccc(F)cc4)c3C=C1CC[C@H](CS(=O)(=O)c1cnn(C)c1)C2. The number of carbonyl (C=O) groups excluding carboxylic acids is 1. The molecule has 0 bridgehead atoms. The Morgan fingerprint density at radius 2 is 1.97 bits per heavy atom. The molecule has 2 aromatic heterocycles. The van der Waals surface area contributed by atoms with E-state index in [1.807, 2.05) is 6.08 Å². The maximum absolute atomic E-state index is 13.4. The van der Waals surface area contributed by atoms with E-state index in [0.29, 0.717) is 25.7 Å². The number of aromatic nitrogens is 4. The van der Waals surface area contributed by atoms with Gasteiger partial charge in [0.25, 0.3) is 0 Å². The van der Waals surface area contributed by atoms with Crippen molar-refractivity contribution < 1.29 is 17.6 Å². The molecule has 0 spiro atoms. The lowest BCUT2D eigenvalue weighted by molar-refractivity contribution is -0.126. The number of fused-ring (bicyclic) bond motifs is 2. The zero-order valence-electron chi connectivity index (χ0n) is 18.5. The summed E-state index contributed by atoms with van der Waals surface area (Å²) in [6.07, 6.45) is 9.02. The van der Waals surface area contributed by atoms with E-state index in [9.17, 15) is 17.6 Å². The molecule has 0 saturated heterocycles. The fourth-order valence-corrected chi connectivity index (χ4v) is 6.90. The minimum atomic E-state index is -3.49. The average Bonchev–Trinajstić information content (AvgIpc) is 3.38. The van der Waals surface area contributed by atoms with Crippen LogP contribution < -0.4 is 0 Å². The zero-order chi connectivity index (χ0) is 23.4. The maximum Gasteiger partial charge on any atom is 0.181 e. The van der Waals surface area contributed by atoms with Crippen molar-refractivity contribution in [3.8, 4) is 5.69 Å². The summed E-state index contributed by atoms with van der Waals surface area (Å²) in [4.78, 5) is 13.2. The third kappa shape index (κ3) is 3.74. The van der Waals surface area contributed by atoms with Crippen molar-refractivity contribution in [2.45, 2.75) is 37.5 Å². The number of sulfone groups is 1. The van der Waals surface area contributed by atoms with E-state index < -0.39 is 15.3 Å². The molecule has 7 nitrogen and oxygen atoms in total. The summed E-state index contributed by atoms with van der Waals surface area (Å²) in [5, 5.41) is 8.48. The third-order valence-electron chi connectivity index (χ3n) is 7.00. The lowest BCUT2D eigenvalue weighted by Gasteiger charge is -2.43. The molecule has 2 atom stereocenters. The van der Waals surface area contributed by atoms with Crippen LogP contribution in [0.15, 0.2) is 53.3 Å². The normalized spacial score (nSPS) is 22.4. The molecule has 33 heavy (non-hydrogen) atoms. The number of nitrogens with zero attached hydrogens (tertiary/aromatic N) is 4. The van der Waals surface area contributed by atoms with Gasteiger partial charge in [0.15, 0.2) is 9.84 Å². The molecule has 1 saturated carbocycles. The quantitative estimate of drug-likeness (QED) is 0.572. The maximum atomic E-state index is 13.4. The highest BCUT2D eigenvalue weighted by atomic mass is 32.2. The molecule has 0 radical (unpaired) electrons. The van der Waals surface area contributed by atoms with Crippen LogP contribution >= 0.6 is 0 Å². The van der Waals surface area contributed by atoms with Gasteiger partial charge >= 0.3 is 0 Å². The largest absolute Gasteiger partial charge is 0.299 e. The molecule has 9 heteroatoms. The summed E-state index contributed by atoms with van der Waals surface area (Å²) in [5.74, 6) is -0.376.